The molecule has 0 saturated heterocycles. The first-order chi connectivity index (χ1) is 14.5. The molecule has 30 heavy (non-hydrogen) atoms. The number of hydrogen-bond donors (Lipinski definition) is 0. The molecule has 0 radical (unpaired) electrons. The van der Waals surface area contributed by atoms with Crippen molar-refractivity contribution in [3.8, 4) is 5.75 Å². The standard InChI is InChI=1S/C23H14Cl2INO3/c24-18-7-3-1-6-15(18)13-29-21-8-4-2-5-14(21)11-20-23(28)30-22(27-20)17-12-16(26)9-10-19(17)25/h1-12H,13H2/b20-11-. The Morgan fingerprint density at radius 3 is 2.60 bits per heavy atom. The van der Waals surface area contributed by atoms with Crippen molar-refractivity contribution in [2.45, 2.75) is 6.61 Å². The Kier molecular flexibility index (Phi) is 6.41. The van der Waals surface area contributed by atoms with Crippen LogP contribution in [0.3, 0.4) is 0 Å². The summed E-state index contributed by atoms with van der Waals surface area (Å²) < 4.78 is 12.3. The van der Waals surface area contributed by atoms with Crippen LogP contribution in [0.5, 0.6) is 5.75 Å². The van der Waals surface area contributed by atoms with E-state index in [2.05, 4.69) is 27.6 Å². The van der Waals surface area contributed by atoms with Gasteiger partial charge in [0.15, 0.2) is 5.70 Å². The van der Waals surface area contributed by atoms with Crippen LogP contribution in [0, 0.1) is 3.57 Å². The van der Waals surface area contributed by atoms with Crippen LogP contribution in [0.2, 0.25) is 10.0 Å². The number of carbonyl (C=O) groups is 1. The number of aliphatic imine (C=N–C) groups is 1. The highest BCUT2D eigenvalue weighted by Gasteiger charge is 2.26. The van der Waals surface area contributed by atoms with Crippen LogP contribution in [-0.4, -0.2) is 11.9 Å². The maximum atomic E-state index is 12.4. The second-order valence-electron chi connectivity index (χ2n) is 6.38. The van der Waals surface area contributed by atoms with Crippen molar-refractivity contribution in [3.63, 3.8) is 0 Å². The first kappa shape index (κ1) is 20.9. The number of ether oxygens (including phenoxy) is 2. The third-order valence-corrected chi connectivity index (χ3v) is 5.70. The van der Waals surface area contributed by atoms with Crippen molar-refractivity contribution in [2.24, 2.45) is 4.99 Å². The largest absolute Gasteiger partial charge is 0.488 e. The molecule has 3 aromatic rings. The van der Waals surface area contributed by atoms with Gasteiger partial charge in [0.25, 0.3) is 0 Å². The lowest BCUT2D eigenvalue weighted by molar-refractivity contribution is -0.129. The molecule has 0 unspecified atom stereocenters. The molecule has 3 aromatic carbocycles. The molecule has 0 saturated carbocycles. The molecule has 0 N–H and O–H groups in total. The SMILES string of the molecule is O=C1OC(c2cc(I)ccc2Cl)=N/C1=C\c1ccccc1OCc1ccccc1Cl. The van der Waals surface area contributed by atoms with E-state index in [0.717, 1.165) is 9.13 Å². The van der Waals surface area contributed by atoms with Gasteiger partial charge < -0.3 is 9.47 Å². The summed E-state index contributed by atoms with van der Waals surface area (Å²) in [6.07, 6.45) is 1.64. The highest BCUT2D eigenvalue weighted by Crippen LogP contribution is 2.28. The lowest BCUT2D eigenvalue weighted by Crippen LogP contribution is -2.06. The molecule has 1 aliphatic rings. The Balaban J connectivity index is 1.62. The monoisotopic (exact) mass is 549 g/mol. The Morgan fingerprint density at radius 1 is 1.00 bits per heavy atom. The fourth-order valence-corrected chi connectivity index (χ4v) is 3.72. The minimum Gasteiger partial charge on any atom is -0.488 e. The number of rotatable bonds is 5. The van der Waals surface area contributed by atoms with Crippen molar-refractivity contribution in [2.75, 3.05) is 0 Å². The molecule has 0 spiro atoms. The predicted molar refractivity (Wildman–Crippen MR) is 127 cm³/mol. The van der Waals surface area contributed by atoms with E-state index in [4.69, 9.17) is 32.7 Å². The molecule has 0 fully saturated rings. The van der Waals surface area contributed by atoms with Gasteiger partial charge in [-0.15, -0.1) is 0 Å². The third kappa shape index (κ3) is 4.69. The highest BCUT2D eigenvalue weighted by molar-refractivity contribution is 14.1. The normalized spacial score (nSPS) is 14.6. The van der Waals surface area contributed by atoms with Crippen LogP contribution in [-0.2, 0) is 16.1 Å². The van der Waals surface area contributed by atoms with Crippen molar-refractivity contribution in [1.29, 1.82) is 0 Å². The minimum absolute atomic E-state index is 0.175. The molecular formula is C23H14Cl2INO3. The van der Waals surface area contributed by atoms with Gasteiger partial charge in [0.05, 0.1) is 10.6 Å². The second kappa shape index (κ2) is 9.20. The summed E-state index contributed by atoms with van der Waals surface area (Å²) in [7, 11) is 0. The van der Waals surface area contributed by atoms with Crippen molar-refractivity contribution >= 4 is 63.7 Å². The quantitative estimate of drug-likeness (QED) is 0.207. The number of carbonyl (C=O) groups excluding carboxylic acids is 1. The Hall–Kier alpha value is -2.35. The van der Waals surface area contributed by atoms with Gasteiger partial charge in [-0.25, -0.2) is 9.79 Å². The van der Waals surface area contributed by atoms with E-state index in [-0.39, 0.29) is 11.6 Å². The van der Waals surface area contributed by atoms with Gasteiger partial charge in [0.1, 0.15) is 12.4 Å². The van der Waals surface area contributed by atoms with Gasteiger partial charge in [0.2, 0.25) is 5.90 Å². The fourth-order valence-electron chi connectivity index (χ4n) is 2.84. The lowest BCUT2D eigenvalue weighted by atomic mass is 10.1. The third-order valence-electron chi connectivity index (χ3n) is 4.33. The summed E-state index contributed by atoms with van der Waals surface area (Å²) in [5.41, 5.74) is 2.32. The average Bonchev–Trinajstić information content (AvgIpc) is 3.10. The number of benzene rings is 3. The van der Waals surface area contributed by atoms with Gasteiger partial charge in [-0.2, -0.15) is 0 Å². The maximum Gasteiger partial charge on any atom is 0.363 e. The number of hydrogen-bond acceptors (Lipinski definition) is 4. The van der Waals surface area contributed by atoms with E-state index in [1.54, 1.807) is 12.1 Å². The van der Waals surface area contributed by atoms with Gasteiger partial charge in [0, 0.05) is 19.7 Å². The van der Waals surface area contributed by atoms with Crippen LogP contribution < -0.4 is 4.74 Å². The molecule has 1 aliphatic heterocycles. The zero-order chi connectivity index (χ0) is 21.1. The molecule has 0 bridgehead atoms. The van der Waals surface area contributed by atoms with Crippen molar-refractivity contribution in [3.05, 3.63) is 103 Å². The van der Waals surface area contributed by atoms with Crippen LogP contribution in [0.1, 0.15) is 16.7 Å². The highest BCUT2D eigenvalue weighted by atomic mass is 127. The van der Waals surface area contributed by atoms with Crippen LogP contribution in [0.4, 0.5) is 0 Å². The number of nitrogens with zero attached hydrogens (tertiary/aromatic N) is 1. The number of halogens is 3. The van der Waals surface area contributed by atoms with E-state index in [0.29, 0.717) is 33.5 Å². The minimum atomic E-state index is -0.541. The lowest BCUT2D eigenvalue weighted by Gasteiger charge is -2.10. The number of para-hydroxylation sites is 1. The summed E-state index contributed by atoms with van der Waals surface area (Å²) in [6.45, 7) is 0.302. The Morgan fingerprint density at radius 2 is 1.77 bits per heavy atom. The summed E-state index contributed by atoms with van der Waals surface area (Å²) in [4.78, 5) is 16.7. The first-order valence-electron chi connectivity index (χ1n) is 8.94. The molecule has 4 nitrogen and oxygen atoms in total. The van der Waals surface area contributed by atoms with Gasteiger partial charge in [-0.05, 0) is 59.0 Å². The van der Waals surface area contributed by atoms with E-state index < -0.39 is 5.97 Å². The molecule has 0 atom stereocenters. The van der Waals surface area contributed by atoms with Gasteiger partial charge >= 0.3 is 5.97 Å². The zero-order valence-corrected chi connectivity index (χ0v) is 19.1. The Labute approximate surface area is 197 Å². The molecule has 0 aliphatic carbocycles. The number of esters is 1. The van der Waals surface area contributed by atoms with E-state index >= 15 is 0 Å². The predicted octanol–water partition coefficient (Wildman–Crippen LogP) is 6.52. The summed E-state index contributed by atoms with van der Waals surface area (Å²) in [5.74, 6) is 0.249. The van der Waals surface area contributed by atoms with Crippen LogP contribution in [0.15, 0.2) is 77.4 Å². The molecule has 150 valence electrons. The van der Waals surface area contributed by atoms with E-state index in [9.17, 15) is 4.79 Å². The Bertz CT molecular complexity index is 1190. The molecule has 7 heteroatoms. The maximum absolute atomic E-state index is 12.4. The van der Waals surface area contributed by atoms with Crippen molar-refractivity contribution < 1.29 is 14.3 Å². The topological polar surface area (TPSA) is 47.9 Å². The fraction of sp³-hybridized carbons (Fsp3) is 0.0435. The molecular weight excluding hydrogens is 536 g/mol. The molecule has 0 aromatic heterocycles. The summed E-state index contributed by atoms with van der Waals surface area (Å²) >= 11 is 14.6. The van der Waals surface area contributed by atoms with Gasteiger partial charge in [-0.3, -0.25) is 0 Å². The zero-order valence-electron chi connectivity index (χ0n) is 15.4. The smallest absolute Gasteiger partial charge is 0.363 e. The van der Waals surface area contributed by atoms with Crippen LogP contribution in [0.25, 0.3) is 6.08 Å². The van der Waals surface area contributed by atoms with E-state index in [1.165, 1.54) is 0 Å². The molecule has 1 heterocycles. The van der Waals surface area contributed by atoms with E-state index in [1.807, 2.05) is 60.7 Å². The number of cyclic esters (lactones) is 1. The van der Waals surface area contributed by atoms with Crippen molar-refractivity contribution in [1.82, 2.24) is 0 Å². The average molecular weight is 550 g/mol. The van der Waals surface area contributed by atoms with Gasteiger partial charge in [-0.1, -0.05) is 59.6 Å². The molecule has 4 rings (SSSR count). The summed E-state index contributed by atoms with van der Waals surface area (Å²) in [6, 6.07) is 20.3. The van der Waals surface area contributed by atoms with Crippen LogP contribution >= 0.6 is 45.8 Å². The second-order valence-corrected chi connectivity index (χ2v) is 8.44. The summed E-state index contributed by atoms with van der Waals surface area (Å²) in [5, 5.41) is 1.10. The molecule has 0 amide bonds. The first-order valence-corrected chi connectivity index (χ1v) is 10.8.